The summed E-state index contributed by atoms with van der Waals surface area (Å²) in [5.41, 5.74) is 2.60. The van der Waals surface area contributed by atoms with Crippen LogP contribution in [0.5, 0.6) is 0 Å². The van der Waals surface area contributed by atoms with Crippen molar-refractivity contribution >= 4 is 23.4 Å². The fourth-order valence-electron chi connectivity index (χ4n) is 3.56. The molecule has 3 aromatic rings. The van der Waals surface area contributed by atoms with Gasteiger partial charge in [0.2, 0.25) is 5.91 Å². The highest BCUT2D eigenvalue weighted by atomic mass is 16.3. The van der Waals surface area contributed by atoms with E-state index in [4.69, 9.17) is 4.42 Å². The minimum absolute atomic E-state index is 0.0268. The van der Waals surface area contributed by atoms with Crippen LogP contribution in [0, 0.1) is 13.8 Å². The predicted molar refractivity (Wildman–Crippen MR) is 112 cm³/mol. The van der Waals surface area contributed by atoms with E-state index in [9.17, 15) is 14.4 Å². The molecule has 6 heteroatoms. The summed E-state index contributed by atoms with van der Waals surface area (Å²) in [7, 11) is 0. The van der Waals surface area contributed by atoms with Crippen molar-refractivity contribution in [2.75, 3.05) is 11.4 Å². The van der Waals surface area contributed by atoms with E-state index in [2.05, 4.69) is 0 Å². The first kappa shape index (κ1) is 19.6. The fraction of sp³-hybridized carbons (Fsp3) is 0.208. The van der Waals surface area contributed by atoms with Crippen molar-refractivity contribution < 1.29 is 18.8 Å². The Labute approximate surface area is 174 Å². The number of nitrogens with zero attached hydrogens (tertiary/aromatic N) is 2. The predicted octanol–water partition coefficient (Wildman–Crippen LogP) is 4.12. The molecular formula is C24H22N2O4. The molecule has 0 bridgehead atoms. The standard InChI is InChI=1S/C24H22N2O4/c1-16-7-10-18(11-8-16)26(15-19-12-9-17(2)30-19)22(27)13-14-25-23(28)20-5-3-4-6-21(20)24(25)29/h3-12H,13-15H2,1-2H3. The van der Waals surface area contributed by atoms with Gasteiger partial charge in [0, 0.05) is 18.7 Å². The molecule has 1 aliphatic heterocycles. The van der Waals surface area contributed by atoms with Crippen LogP contribution >= 0.6 is 0 Å². The van der Waals surface area contributed by atoms with Crippen molar-refractivity contribution in [1.82, 2.24) is 4.90 Å². The molecule has 0 aliphatic carbocycles. The highest BCUT2D eigenvalue weighted by Gasteiger charge is 2.35. The zero-order valence-corrected chi connectivity index (χ0v) is 16.9. The molecular weight excluding hydrogens is 380 g/mol. The Balaban J connectivity index is 1.51. The van der Waals surface area contributed by atoms with Crippen molar-refractivity contribution in [3.8, 4) is 0 Å². The first-order valence-electron chi connectivity index (χ1n) is 9.81. The lowest BCUT2D eigenvalue weighted by molar-refractivity contribution is -0.118. The molecule has 0 saturated carbocycles. The molecule has 0 radical (unpaired) electrons. The van der Waals surface area contributed by atoms with Crippen molar-refractivity contribution in [3.05, 3.63) is 88.9 Å². The molecule has 1 aromatic heterocycles. The SMILES string of the molecule is Cc1ccc(N(Cc2ccc(C)o2)C(=O)CCN2C(=O)c3ccccc3C2=O)cc1. The number of carbonyl (C=O) groups is 3. The normalized spacial score (nSPS) is 12.9. The van der Waals surface area contributed by atoms with Gasteiger partial charge in [0.1, 0.15) is 11.5 Å². The zero-order chi connectivity index (χ0) is 21.3. The summed E-state index contributed by atoms with van der Waals surface area (Å²) in [5, 5.41) is 0. The maximum atomic E-state index is 13.1. The van der Waals surface area contributed by atoms with Gasteiger partial charge in [-0.3, -0.25) is 19.3 Å². The summed E-state index contributed by atoms with van der Waals surface area (Å²) < 4.78 is 5.65. The molecule has 0 spiro atoms. The molecule has 2 aromatic carbocycles. The highest BCUT2D eigenvalue weighted by molar-refractivity contribution is 6.21. The van der Waals surface area contributed by atoms with Crippen LogP contribution in [-0.2, 0) is 11.3 Å². The van der Waals surface area contributed by atoms with Crippen LogP contribution in [0.25, 0.3) is 0 Å². The number of rotatable bonds is 6. The monoisotopic (exact) mass is 402 g/mol. The van der Waals surface area contributed by atoms with Gasteiger partial charge in [0.25, 0.3) is 11.8 Å². The number of carbonyl (C=O) groups excluding carboxylic acids is 3. The third-order valence-corrected chi connectivity index (χ3v) is 5.18. The molecule has 1 aliphatic rings. The van der Waals surface area contributed by atoms with Gasteiger partial charge in [0.15, 0.2) is 0 Å². The van der Waals surface area contributed by atoms with Gasteiger partial charge in [0.05, 0.1) is 17.7 Å². The number of amides is 3. The number of anilines is 1. The van der Waals surface area contributed by atoms with E-state index in [0.717, 1.165) is 21.9 Å². The molecule has 3 amide bonds. The molecule has 4 rings (SSSR count). The summed E-state index contributed by atoms with van der Waals surface area (Å²) >= 11 is 0. The van der Waals surface area contributed by atoms with Gasteiger partial charge < -0.3 is 9.32 Å². The van der Waals surface area contributed by atoms with Crippen LogP contribution in [0.3, 0.4) is 0 Å². The summed E-state index contributed by atoms with van der Waals surface area (Å²) in [6.45, 7) is 4.14. The van der Waals surface area contributed by atoms with E-state index < -0.39 is 0 Å². The molecule has 0 saturated heterocycles. The van der Waals surface area contributed by atoms with Crippen LogP contribution in [0.4, 0.5) is 5.69 Å². The average molecular weight is 402 g/mol. The van der Waals surface area contributed by atoms with E-state index >= 15 is 0 Å². The third kappa shape index (κ3) is 3.76. The number of aryl methyl sites for hydroxylation is 2. The largest absolute Gasteiger partial charge is 0.464 e. The molecule has 2 heterocycles. The van der Waals surface area contributed by atoms with Gasteiger partial charge in [-0.05, 0) is 50.2 Å². The quantitative estimate of drug-likeness (QED) is 0.582. The number of furan rings is 1. The number of fused-ring (bicyclic) bond motifs is 1. The Bertz CT molecular complexity index is 1080. The highest BCUT2D eigenvalue weighted by Crippen LogP contribution is 2.24. The molecule has 6 nitrogen and oxygen atoms in total. The van der Waals surface area contributed by atoms with Crippen molar-refractivity contribution in [2.45, 2.75) is 26.8 Å². The molecule has 0 atom stereocenters. The van der Waals surface area contributed by atoms with Crippen LogP contribution in [0.1, 0.15) is 44.2 Å². The van der Waals surface area contributed by atoms with Crippen LogP contribution in [0.15, 0.2) is 65.1 Å². The Kier molecular flexibility index (Phi) is 5.23. The van der Waals surface area contributed by atoms with E-state index in [1.807, 2.05) is 50.2 Å². The topological polar surface area (TPSA) is 70.8 Å². The third-order valence-electron chi connectivity index (χ3n) is 5.18. The minimum atomic E-state index is -0.355. The lowest BCUT2D eigenvalue weighted by atomic mass is 10.1. The zero-order valence-electron chi connectivity index (χ0n) is 16.9. The first-order chi connectivity index (χ1) is 14.4. The van der Waals surface area contributed by atoms with E-state index in [0.29, 0.717) is 16.9 Å². The Morgan fingerprint density at radius 1 is 0.900 bits per heavy atom. The molecule has 30 heavy (non-hydrogen) atoms. The lowest BCUT2D eigenvalue weighted by Crippen LogP contribution is -2.36. The second kappa shape index (κ2) is 7.99. The average Bonchev–Trinajstić information content (AvgIpc) is 3.26. The van der Waals surface area contributed by atoms with Gasteiger partial charge in [-0.15, -0.1) is 0 Å². The van der Waals surface area contributed by atoms with Gasteiger partial charge in [-0.25, -0.2) is 0 Å². The van der Waals surface area contributed by atoms with E-state index in [1.165, 1.54) is 0 Å². The summed E-state index contributed by atoms with van der Waals surface area (Å²) in [5.74, 6) is 0.540. The number of hydrogen-bond acceptors (Lipinski definition) is 4. The summed E-state index contributed by atoms with van der Waals surface area (Å²) in [6, 6.07) is 18.0. The number of imide groups is 1. The Morgan fingerprint density at radius 2 is 1.53 bits per heavy atom. The van der Waals surface area contributed by atoms with Crippen molar-refractivity contribution in [3.63, 3.8) is 0 Å². The second-order valence-corrected chi connectivity index (χ2v) is 7.39. The maximum absolute atomic E-state index is 13.1. The maximum Gasteiger partial charge on any atom is 0.261 e. The van der Waals surface area contributed by atoms with E-state index in [-0.39, 0.29) is 37.2 Å². The lowest BCUT2D eigenvalue weighted by Gasteiger charge is -2.23. The molecule has 0 fully saturated rings. The summed E-state index contributed by atoms with van der Waals surface area (Å²) in [6.07, 6.45) is 0.0268. The van der Waals surface area contributed by atoms with Gasteiger partial charge >= 0.3 is 0 Å². The molecule has 0 unspecified atom stereocenters. The first-order valence-corrected chi connectivity index (χ1v) is 9.81. The van der Waals surface area contributed by atoms with Crippen LogP contribution in [0.2, 0.25) is 0 Å². The van der Waals surface area contributed by atoms with Gasteiger partial charge in [-0.2, -0.15) is 0 Å². The Morgan fingerprint density at radius 3 is 2.10 bits per heavy atom. The second-order valence-electron chi connectivity index (χ2n) is 7.39. The minimum Gasteiger partial charge on any atom is -0.464 e. The fourth-order valence-corrected chi connectivity index (χ4v) is 3.56. The molecule has 152 valence electrons. The van der Waals surface area contributed by atoms with Crippen LogP contribution in [-0.4, -0.2) is 29.2 Å². The summed E-state index contributed by atoms with van der Waals surface area (Å²) in [4.78, 5) is 41.0. The van der Waals surface area contributed by atoms with E-state index in [1.54, 1.807) is 29.2 Å². The van der Waals surface area contributed by atoms with Crippen molar-refractivity contribution in [1.29, 1.82) is 0 Å². The number of benzene rings is 2. The molecule has 0 N–H and O–H groups in total. The number of hydrogen-bond donors (Lipinski definition) is 0. The smallest absolute Gasteiger partial charge is 0.261 e. The van der Waals surface area contributed by atoms with Gasteiger partial charge in [-0.1, -0.05) is 29.8 Å². The van der Waals surface area contributed by atoms with Crippen LogP contribution < -0.4 is 4.90 Å². The Hall–Kier alpha value is -3.67. The van der Waals surface area contributed by atoms with Crippen molar-refractivity contribution in [2.24, 2.45) is 0 Å².